The Morgan fingerprint density at radius 2 is 1.76 bits per heavy atom. The third-order valence-corrected chi connectivity index (χ3v) is 6.00. The van der Waals surface area contributed by atoms with Crippen LogP contribution in [0.2, 0.25) is 0 Å². The van der Waals surface area contributed by atoms with Gasteiger partial charge in [-0.15, -0.1) is 0 Å². The fourth-order valence-electron chi connectivity index (χ4n) is 4.34. The molecule has 1 aromatic heterocycles. The Kier molecular flexibility index (Phi) is 4.98. The number of fused-ring (bicyclic) bond motifs is 1. The maximum Gasteiger partial charge on any atom is 0.300 e. The number of nitrogens with one attached hydrogen (secondary N) is 1. The predicted octanol–water partition coefficient (Wildman–Crippen LogP) is 5.01. The van der Waals surface area contributed by atoms with Crippen LogP contribution in [0.25, 0.3) is 16.7 Å². The highest BCUT2D eigenvalue weighted by atomic mass is 16.6. The number of nitrogens with zero attached hydrogens (tertiary/aromatic N) is 2. The van der Waals surface area contributed by atoms with Gasteiger partial charge in [0.25, 0.3) is 17.4 Å². The number of carbonyl (C=O) groups is 2. The molecule has 4 aromatic rings. The average Bonchev–Trinajstić information content (AvgIpc) is 3.38. The number of hydrogen-bond donors (Lipinski definition) is 2. The summed E-state index contributed by atoms with van der Waals surface area (Å²) < 4.78 is 0. The molecule has 1 aliphatic heterocycles. The van der Waals surface area contributed by atoms with Gasteiger partial charge >= 0.3 is 0 Å². The first-order valence-electron chi connectivity index (χ1n) is 10.6. The van der Waals surface area contributed by atoms with Crippen molar-refractivity contribution in [3.8, 4) is 0 Å². The van der Waals surface area contributed by atoms with Crippen LogP contribution in [0.1, 0.15) is 22.7 Å². The molecule has 1 unspecified atom stereocenters. The lowest BCUT2D eigenvalue weighted by Crippen LogP contribution is -2.29. The first kappa shape index (κ1) is 21.1. The molecule has 0 saturated carbocycles. The zero-order chi connectivity index (χ0) is 24.0. The molecule has 0 aliphatic carbocycles. The number of aryl methyl sites for hydroxylation is 1. The van der Waals surface area contributed by atoms with Gasteiger partial charge in [0.05, 0.1) is 16.5 Å². The zero-order valence-corrected chi connectivity index (χ0v) is 18.1. The van der Waals surface area contributed by atoms with Crippen molar-refractivity contribution in [2.24, 2.45) is 0 Å². The van der Waals surface area contributed by atoms with Crippen LogP contribution >= 0.6 is 0 Å². The molecule has 1 atom stereocenters. The fraction of sp³-hybridized carbons (Fsp3) is 0.0769. The van der Waals surface area contributed by atoms with Crippen LogP contribution in [-0.4, -0.2) is 26.7 Å². The molecule has 2 N–H and O–H groups in total. The van der Waals surface area contributed by atoms with Gasteiger partial charge in [0.15, 0.2) is 0 Å². The smallest absolute Gasteiger partial charge is 0.300 e. The summed E-state index contributed by atoms with van der Waals surface area (Å²) in [5.41, 5.74) is 2.64. The van der Waals surface area contributed by atoms with E-state index in [4.69, 9.17) is 0 Å². The first-order chi connectivity index (χ1) is 16.4. The highest BCUT2D eigenvalue weighted by molar-refractivity contribution is 6.51. The second kappa shape index (κ2) is 8.00. The van der Waals surface area contributed by atoms with Crippen LogP contribution in [0.15, 0.2) is 84.6 Å². The zero-order valence-electron chi connectivity index (χ0n) is 18.1. The molecule has 1 saturated heterocycles. The number of ketones is 1. The van der Waals surface area contributed by atoms with E-state index in [-0.39, 0.29) is 16.8 Å². The third kappa shape index (κ3) is 3.32. The Bertz CT molecular complexity index is 1500. The fourth-order valence-corrected chi connectivity index (χ4v) is 4.34. The number of carbonyl (C=O) groups excluding carboxylic acids is 2. The number of non-ortho nitro benzene ring substituents is 1. The van der Waals surface area contributed by atoms with Crippen molar-refractivity contribution in [2.75, 3.05) is 4.90 Å². The normalized spacial score (nSPS) is 17.4. The van der Waals surface area contributed by atoms with E-state index < -0.39 is 28.4 Å². The molecular formula is C26H19N3O5. The molecule has 1 fully saturated rings. The molecule has 34 heavy (non-hydrogen) atoms. The second-order valence-electron chi connectivity index (χ2n) is 8.10. The standard InChI is InChI=1S/C26H19N3O5/c1-15-9-11-17(12-10-15)28-23(20-14-27-21-8-3-2-7-19(20)21)22(25(31)26(28)32)24(30)16-5-4-6-18(13-16)29(33)34/h2-14,23,27,30H,1H3/b24-22+. The summed E-state index contributed by atoms with van der Waals surface area (Å²) in [6.07, 6.45) is 1.71. The van der Waals surface area contributed by atoms with Gasteiger partial charge in [-0.25, -0.2) is 0 Å². The number of benzene rings is 3. The largest absolute Gasteiger partial charge is 0.507 e. The summed E-state index contributed by atoms with van der Waals surface area (Å²) >= 11 is 0. The lowest BCUT2D eigenvalue weighted by molar-refractivity contribution is -0.384. The Morgan fingerprint density at radius 1 is 1.03 bits per heavy atom. The minimum atomic E-state index is -0.932. The average molecular weight is 453 g/mol. The third-order valence-electron chi connectivity index (χ3n) is 6.00. The lowest BCUT2D eigenvalue weighted by atomic mass is 9.94. The van der Waals surface area contributed by atoms with Crippen molar-refractivity contribution in [2.45, 2.75) is 13.0 Å². The molecule has 1 aliphatic rings. The van der Waals surface area contributed by atoms with E-state index in [1.54, 1.807) is 18.3 Å². The summed E-state index contributed by atoms with van der Waals surface area (Å²) in [7, 11) is 0. The summed E-state index contributed by atoms with van der Waals surface area (Å²) in [4.78, 5) is 41.7. The highest BCUT2D eigenvalue weighted by Gasteiger charge is 2.47. The van der Waals surface area contributed by atoms with Crippen LogP contribution in [0.3, 0.4) is 0 Å². The van der Waals surface area contributed by atoms with E-state index in [0.717, 1.165) is 16.5 Å². The van der Waals surface area contributed by atoms with E-state index in [0.29, 0.717) is 11.3 Å². The number of aromatic nitrogens is 1. The molecule has 3 aromatic carbocycles. The predicted molar refractivity (Wildman–Crippen MR) is 127 cm³/mol. The van der Waals surface area contributed by atoms with Gasteiger partial charge in [-0.3, -0.25) is 24.6 Å². The molecule has 1 amide bonds. The number of H-pyrrole nitrogens is 1. The molecular weight excluding hydrogens is 434 g/mol. The number of nitro groups is 1. The van der Waals surface area contributed by atoms with Crippen molar-refractivity contribution in [3.05, 3.63) is 111 Å². The van der Waals surface area contributed by atoms with Gasteiger partial charge in [0.1, 0.15) is 5.76 Å². The quantitative estimate of drug-likeness (QED) is 0.148. The van der Waals surface area contributed by atoms with Gasteiger partial charge in [-0.05, 0) is 25.1 Å². The number of amides is 1. The molecule has 0 radical (unpaired) electrons. The van der Waals surface area contributed by atoms with Crippen molar-refractivity contribution >= 4 is 39.7 Å². The first-order valence-corrected chi connectivity index (χ1v) is 10.6. The van der Waals surface area contributed by atoms with Crippen LogP contribution in [0.4, 0.5) is 11.4 Å². The maximum atomic E-state index is 13.3. The Balaban J connectivity index is 1.77. The van der Waals surface area contributed by atoms with Gasteiger partial charge < -0.3 is 10.1 Å². The van der Waals surface area contributed by atoms with Gasteiger partial charge in [0, 0.05) is 46.0 Å². The topological polar surface area (TPSA) is 117 Å². The summed E-state index contributed by atoms with van der Waals surface area (Å²) in [5.74, 6) is -2.11. The van der Waals surface area contributed by atoms with Crippen LogP contribution in [0.5, 0.6) is 0 Å². The summed E-state index contributed by atoms with van der Waals surface area (Å²) in [6, 6.07) is 19.0. The number of aliphatic hydroxyl groups excluding tert-OH is 1. The van der Waals surface area contributed by atoms with Crippen molar-refractivity contribution in [3.63, 3.8) is 0 Å². The highest BCUT2D eigenvalue weighted by Crippen LogP contribution is 2.44. The van der Waals surface area contributed by atoms with Gasteiger partial charge in [-0.1, -0.05) is 48.0 Å². The molecule has 8 nitrogen and oxygen atoms in total. The van der Waals surface area contributed by atoms with Gasteiger partial charge in [-0.2, -0.15) is 0 Å². The second-order valence-corrected chi connectivity index (χ2v) is 8.10. The van der Waals surface area contributed by atoms with Crippen molar-refractivity contribution in [1.29, 1.82) is 0 Å². The number of hydrogen-bond acceptors (Lipinski definition) is 5. The molecule has 0 spiro atoms. The van der Waals surface area contributed by atoms with Crippen molar-refractivity contribution in [1.82, 2.24) is 4.98 Å². The van der Waals surface area contributed by atoms with Crippen LogP contribution in [0, 0.1) is 17.0 Å². The summed E-state index contributed by atoms with van der Waals surface area (Å²) in [6.45, 7) is 1.91. The number of anilines is 1. The number of rotatable bonds is 4. The van der Waals surface area contributed by atoms with Gasteiger partial charge in [0.2, 0.25) is 0 Å². The van der Waals surface area contributed by atoms with E-state index >= 15 is 0 Å². The van der Waals surface area contributed by atoms with Crippen molar-refractivity contribution < 1.29 is 19.6 Å². The number of nitro benzene ring substituents is 1. The minimum Gasteiger partial charge on any atom is -0.507 e. The SMILES string of the molecule is Cc1ccc(N2C(=O)C(=O)/C(=C(/O)c3cccc([N+](=O)[O-])c3)C2c2c[nH]c3ccccc23)cc1. The number of para-hydroxylation sites is 1. The molecule has 2 heterocycles. The molecule has 8 heteroatoms. The molecule has 168 valence electrons. The van der Waals surface area contributed by atoms with E-state index in [1.807, 2.05) is 43.3 Å². The van der Waals surface area contributed by atoms with Crippen LogP contribution < -0.4 is 4.90 Å². The number of Topliss-reactive ketones (excluding diaryl/α,β-unsaturated/α-hetero) is 1. The Morgan fingerprint density at radius 3 is 2.50 bits per heavy atom. The number of aliphatic hydroxyl groups is 1. The molecule has 5 rings (SSSR count). The summed E-state index contributed by atoms with van der Waals surface area (Å²) in [5, 5.41) is 23.3. The monoisotopic (exact) mass is 453 g/mol. The number of aromatic amines is 1. The van der Waals surface area contributed by atoms with E-state index in [9.17, 15) is 24.8 Å². The van der Waals surface area contributed by atoms with E-state index in [2.05, 4.69) is 4.98 Å². The Labute approximate surface area is 193 Å². The molecule has 0 bridgehead atoms. The lowest BCUT2D eigenvalue weighted by Gasteiger charge is -2.25. The van der Waals surface area contributed by atoms with E-state index in [1.165, 1.54) is 29.2 Å². The minimum absolute atomic E-state index is 0.0842. The van der Waals surface area contributed by atoms with Crippen LogP contribution in [-0.2, 0) is 9.59 Å². The Hall–Kier alpha value is -4.72. The maximum absolute atomic E-state index is 13.3.